The van der Waals surface area contributed by atoms with Gasteiger partial charge in [-0.1, -0.05) is 48.5 Å². The predicted molar refractivity (Wildman–Crippen MR) is 133 cm³/mol. The van der Waals surface area contributed by atoms with E-state index in [0.29, 0.717) is 12.1 Å². The first-order chi connectivity index (χ1) is 16.7. The van der Waals surface area contributed by atoms with Crippen LogP contribution in [0, 0.1) is 6.92 Å². The molecule has 1 aliphatic carbocycles. The van der Waals surface area contributed by atoms with Gasteiger partial charge in [-0.2, -0.15) is 0 Å². The third-order valence-corrected chi connectivity index (χ3v) is 9.46. The van der Waals surface area contributed by atoms with Crippen molar-refractivity contribution in [1.82, 2.24) is 10.0 Å². The Morgan fingerprint density at radius 3 is 2.40 bits per heavy atom. The number of amides is 1. The molecule has 3 aromatic carbocycles. The topological polar surface area (TPSA) is 109 Å². The van der Waals surface area contributed by atoms with Crippen molar-refractivity contribution in [2.45, 2.75) is 53.3 Å². The van der Waals surface area contributed by atoms with E-state index in [0.717, 1.165) is 25.3 Å². The summed E-state index contributed by atoms with van der Waals surface area (Å²) in [5.41, 5.74) is 2.86. The van der Waals surface area contributed by atoms with Crippen molar-refractivity contribution in [2.75, 3.05) is 6.54 Å². The van der Waals surface area contributed by atoms with Crippen LogP contribution in [0.4, 0.5) is 0 Å². The number of aryl methyl sites for hydroxylation is 2. The summed E-state index contributed by atoms with van der Waals surface area (Å²) in [7, 11) is -8.16. The second-order valence-electron chi connectivity index (χ2n) is 8.62. The van der Waals surface area contributed by atoms with Crippen molar-refractivity contribution in [1.29, 1.82) is 0 Å². The van der Waals surface area contributed by atoms with E-state index in [4.69, 9.17) is 0 Å². The molecule has 0 saturated heterocycles. The number of benzene rings is 3. The van der Waals surface area contributed by atoms with Gasteiger partial charge in [0, 0.05) is 19.0 Å². The van der Waals surface area contributed by atoms with E-state index < -0.39 is 25.8 Å². The smallest absolute Gasteiger partial charge is 0.264 e. The normalized spacial score (nSPS) is 15.9. The number of sulfone groups is 1. The Balaban J connectivity index is 1.44. The molecule has 3 aromatic rings. The quantitative estimate of drug-likeness (QED) is 0.476. The lowest BCUT2D eigenvalue weighted by Crippen LogP contribution is -2.34. The van der Waals surface area contributed by atoms with Gasteiger partial charge in [-0.15, -0.1) is 0 Å². The average Bonchev–Trinajstić information content (AvgIpc) is 2.84. The molecule has 0 fully saturated rings. The Morgan fingerprint density at radius 1 is 0.914 bits per heavy atom. The van der Waals surface area contributed by atoms with Gasteiger partial charge in [-0.05, 0) is 67.1 Å². The number of sulfonamides is 1. The Bertz CT molecular complexity index is 1440. The minimum absolute atomic E-state index is 0.0288. The number of nitrogens with one attached hydrogen (secondary N) is 2. The van der Waals surface area contributed by atoms with Crippen molar-refractivity contribution >= 4 is 25.8 Å². The van der Waals surface area contributed by atoms with Gasteiger partial charge < -0.3 is 5.32 Å². The van der Waals surface area contributed by atoms with Crippen LogP contribution in [0.25, 0.3) is 0 Å². The molecule has 0 aliphatic heterocycles. The maximum Gasteiger partial charge on any atom is 0.264 e. The number of rotatable bonds is 8. The molecule has 1 aliphatic rings. The molecule has 2 N–H and O–H groups in total. The lowest BCUT2D eigenvalue weighted by Gasteiger charge is -2.26. The molecule has 35 heavy (non-hydrogen) atoms. The zero-order valence-electron chi connectivity index (χ0n) is 19.4. The van der Waals surface area contributed by atoms with Gasteiger partial charge in [0.15, 0.2) is 0 Å². The molecule has 0 radical (unpaired) electrons. The van der Waals surface area contributed by atoms with Gasteiger partial charge in [0.1, 0.15) is 0 Å². The molecule has 184 valence electrons. The number of hydrogen-bond acceptors (Lipinski definition) is 6. The predicted octanol–water partition coefficient (Wildman–Crippen LogP) is 3.69. The van der Waals surface area contributed by atoms with E-state index in [1.165, 1.54) is 35.4 Å². The third kappa shape index (κ3) is 5.63. The second-order valence-corrected chi connectivity index (χ2v) is 12.2. The van der Waals surface area contributed by atoms with Crippen molar-refractivity contribution in [3.05, 3.63) is 89.5 Å². The first kappa shape index (κ1) is 25.1. The second kappa shape index (κ2) is 10.3. The molecule has 0 heterocycles. The van der Waals surface area contributed by atoms with Crippen LogP contribution in [0.1, 0.15) is 42.0 Å². The van der Waals surface area contributed by atoms with Crippen LogP contribution in [0.2, 0.25) is 0 Å². The summed E-state index contributed by atoms with van der Waals surface area (Å²) >= 11 is 0. The highest BCUT2D eigenvalue weighted by Gasteiger charge is 2.25. The molecule has 0 spiro atoms. The minimum atomic E-state index is -4.25. The highest BCUT2D eigenvalue weighted by molar-refractivity contribution is 7.92. The van der Waals surface area contributed by atoms with Crippen molar-refractivity contribution in [2.24, 2.45) is 0 Å². The number of fused-ring (bicyclic) bond motifs is 1. The van der Waals surface area contributed by atoms with Crippen LogP contribution >= 0.6 is 0 Å². The highest BCUT2D eigenvalue weighted by Crippen LogP contribution is 2.29. The van der Waals surface area contributed by atoms with E-state index in [-0.39, 0.29) is 27.1 Å². The lowest BCUT2D eigenvalue weighted by atomic mass is 9.88. The van der Waals surface area contributed by atoms with E-state index in [1.54, 1.807) is 25.1 Å². The zero-order chi connectivity index (χ0) is 25.1. The highest BCUT2D eigenvalue weighted by atomic mass is 32.2. The Kier molecular flexibility index (Phi) is 7.39. The van der Waals surface area contributed by atoms with Crippen LogP contribution in [-0.4, -0.2) is 29.3 Å². The molecular weight excluding hydrogens is 484 g/mol. The average molecular weight is 513 g/mol. The molecule has 0 aromatic heterocycles. The molecule has 0 saturated carbocycles. The standard InChI is InChI=1S/C26H28N2O5S2/c1-19-14-15-22(34(30,31)21-10-3-2-4-11-21)18-25(19)35(32,33)28-26(29)16-17-27-24-13-7-9-20-8-5-6-12-23(20)24/h2-6,8,10-12,14-15,18,24,27H,7,9,13,16-17H2,1H3,(H,28,29). The van der Waals surface area contributed by atoms with Crippen LogP contribution in [0.5, 0.6) is 0 Å². The zero-order valence-corrected chi connectivity index (χ0v) is 21.0. The lowest BCUT2D eigenvalue weighted by molar-refractivity contribution is -0.119. The summed E-state index contributed by atoms with van der Waals surface area (Å²) in [6.07, 6.45) is 3.01. The summed E-state index contributed by atoms with van der Waals surface area (Å²) in [5, 5.41) is 3.36. The molecule has 1 unspecified atom stereocenters. The maximum absolute atomic E-state index is 13.0. The number of hydrogen-bond donors (Lipinski definition) is 2. The van der Waals surface area contributed by atoms with Gasteiger partial charge in [0.25, 0.3) is 10.0 Å². The Morgan fingerprint density at radius 2 is 1.63 bits per heavy atom. The van der Waals surface area contributed by atoms with Crippen LogP contribution in [0.3, 0.4) is 0 Å². The largest absolute Gasteiger partial charge is 0.309 e. The summed E-state index contributed by atoms with van der Waals surface area (Å²) in [6, 6.07) is 20.0. The minimum Gasteiger partial charge on any atom is -0.309 e. The monoisotopic (exact) mass is 512 g/mol. The molecule has 9 heteroatoms. The van der Waals surface area contributed by atoms with Gasteiger partial charge in [-0.25, -0.2) is 21.6 Å². The third-order valence-electron chi connectivity index (χ3n) is 6.17. The molecule has 4 rings (SSSR count). The Hall–Kier alpha value is -3.01. The maximum atomic E-state index is 13.0. The molecular formula is C26H28N2O5S2. The SMILES string of the molecule is Cc1ccc(S(=O)(=O)c2ccccc2)cc1S(=O)(=O)NC(=O)CCNC1CCCc2ccccc21. The fourth-order valence-corrected chi connectivity index (χ4v) is 7.02. The van der Waals surface area contributed by atoms with Crippen LogP contribution < -0.4 is 10.0 Å². The van der Waals surface area contributed by atoms with Crippen molar-refractivity contribution < 1.29 is 21.6 Å². The fraction of sp³-hybridized carbons (Fsp3) is 0.269. The van der Waals surface area contributed by atoms with E-state index >= 15 is 0 Å². The summed E-state index contributed by atoms with van der Waals surface area (Å²) < 4.78 is 53.9. The van der Waals surface area contributed by atoms with Crippen molar-refractivity contribution in [3.8, 4) is 0 Å². The summed E-state index contributed by atoms with van der Waals surface area (Å²) in [6.45, 7) is 1.88. The van der Waals surface area contributed by atoms with Gasteiger partial charge in [-0.3, -0.25) is 4.79 Å². The molecule has 1 amide bonds. The van der Waals surface area contributed by atoms with Crippen LogP contribution in [0.15, 0.2) is 87.5 Å². The van der Waals surface area contributed by atoms with Gasteiger partial charge in [0.2, 0.25) is 15.7 Å². The number of carbonyl (C=O) groups excluding carboxylic acids is 1. The van der Waals surface area contributed by atoms with E-state index in [2.05, 4.69) is 22.2 Å². The first-order valence-electron chi connectivity index (χ1n) is 11.5. The molecule has 0 bridgehead atoms. The van der Waals surface area contributed by atoms with E-state index in [9.17, 15) is 21.6 Å². The van der Waals surface area contributed by atoms with Gasteiger partial charge in [0.05, 0.1) is 14.7 Å². The summed E-state index contributed by atoms with van der Waals surface area (Å²) in [4.78, 5) is 12.2. The fourth-order valence-electron chi connectivity index (χ4n) is 4.35. The van der Waals surface area contributed by atoms with E-state index in [1.807, 2.05) is 12.1 Å². The number of carbonyl (C=O) groups is 1. The summed E-state index contributed by atoms with van der Waals surface area (Å²) in [5.74, 6) is -0.655. The molecule has 1 atom stereocenters. The Labute approximate surface area is 206 Å². The molecule has 7 nitrogen and oxygen atoms in total. The van der Waals surface area contributed by atoms with Crippen LogP contribution in [-0.2, 0) is 31.1 Å². The van der Waals surface area contributed by atoms with Crippen molar-refractivity contribution in [3.63, 3.8) is 0 Å². The first-order valence-corrected chi connectivity index (χ1v) is 14.4. The van der Waals surface area contributed by atoms with Gasteiger partial charge >= 0.3 is 0 Å².